The molecule has 1 unspecified atom stereocenters. The van der Waals surface area contributed by atoms with Crippen molar-refractivity contribution in [3.05, 3.63) is 83.7 Å². The third kappa shape index (κ3) is 5.46. The summed E-state index contributed by atoms with van der Waals surface area (Å²) in [6.07, 6.45) is 0.641. The molecule has 3 heterocycles. The van der Waals surface area contributed by atoms with Crippen LogP contribution in [-0.2, 0) is 4.74 Å². The Morgan fingerprint density at radius 1 is 1.05 bits per heavy atom. The van der Waals surface area contributed by atoms with E-state index in [1.807, 2.05) is 12.1 Å². The van der Waals surface area contributed by atoms with Crippen molar-refractivity contribution in [2.45, 2.75) is 32.4 Å². The molecule has 4 aromatic rings. The molecule has 1 atom stereocenters. The van der Waals surface area contributed by atoms with Crippen molar-refractivity contribution in [2.24, 2.45) is 5.92 Å². The van der Waals surface area contributed by atoms with E-state index in [1.54, 1.807) is 24.3 Å². The van der Waals surface area contributed by atoms with Crippen molar-refractivity contribution < 1.29 is 13.9 Å². The first-order valence-corrected chi connectivity index (χ1v) is 14.2. The van der Waals surface area contributed by atoms with Gasteiger partial charge >= 0.3 is 0 Å². The number of benzene rings is 3. The largest absolute Gasteiger partial charge is 0.378 e. The van der Waals surface area contributed by atoms with Gasteiger partial charge < -0.3 is 15.0 Å². The van der Waals surface area contributed by atoms with Crippen molar-refractivity contribution in [1.82, 2.24) is 20.4 Å². The fraction of sp³-hybridized carbons (Fsp3) is 0.375. The number of hydrogen-bond donors (Lipinski definition) is 2. The fourth-order valence-electron chi connectivity index (χ4n) is 5.72. The van der Waals surface area contributed by atoms with E-state index in [0.717, 1.165) is 61.6 Å². The number of aromatic nitrogens is 2. The van der Waals surface area contributed by atoms with Gasteiger partial charge in [-0.15, -0.1) is 0 Å². The van der Waals surface area contributed by atoms with Crippen molar-refractivity contribution in [3.63, 3.8) is 0 Å². The molecule has 3 aromatic carbocycles. The quantitative estimate of drug-likeness (QED) is 0.312. The second kappa shape index (κ2) is 11.4. The zero-order chi connectivity index (χ0) is 27.6. The third-order valence-corrected chi connectivity index (χ3v) is 8.08. The van der Waals surface area contributed by atoms with Gasteiger partial charge in [0.15, 0.2) is 0 Å². The lowest BCUT2D eigenvalue weighted by molar-refractivity contribution is -0.0660. The lowest BCUT2D eigenvalue weighted by Crippen LogP contribution is -2.56. The van der Waals surface area contributed by atoms with Crippen LogP contribution in [0.15, 0.2) is 66.7 Å². The average Bonchev–Trinajstić information content (AvgIpc) is 3.36. The number of carbonyl (C=O) groups excluding carboxylic acids is 1. The number of ether oxygens (including phenoxy) is 1. The Bertz CT molecular complexity index is 1470. The zero-order valence-corrected chi connectivity index (χ0v) is 23.1. The zero-order valence-electron chi connectivity index (χ0n) is 23.1. The minimum atomic E-state index is -0.412. The standard InChI is InChI=1S/C32H36FN5O2/c1-21(2)17-30(26-5-3-4-6-28(26)33)34-32(39)23-9-12-29-27(18-23)31(36-35-29)22-7-10-24(11-8-22)37-13-15-38(16-14-37)25-19-40-20-25/h3-12,18,21,25,30H,13-17,19-20H2,1-2H3,(H,34,39)(H,35,36). The topological polar surface area (TPSA) is 73.5 Å². The lowest BCUT2D eigenvalue weighted by atomic mass is 9.96. The summed E-state index contributed by atoms with van der Waals surface area (Å²) < 4.78 is 19.9. The molecule has 40 heavy (non-hydrogen) atoms. The molecule has 2 aliphatic heterocycles. The van der Waals surface area contributed by atoms with Gasteiger partial charge in [-0.1, -0.05) is 44.2 Å². The highest BCUT2D eigenvalue weighted by Gasteiger charge is 2.29. The van der Waals surface area contributed by atoms with Gasteiger partial charge in [-0.2, -0.15) is 5.10 Å². The molecular formula is C32H36FN5O2. The van der Waals surface area contributed by atoms with Gasteiger partial charge in [0.1, 0.15) is 5.82 Å². The molecule has 8 heteroatoms. The Balaban J connectivity index is 1.19. The van der Waals surface area contributed by atoms with Crippen LogP contribution in [0.4, 0.5) is 10.1 Å². The molecule has 0 radical (unpaired) electrons. The summed E-state index contributed by atoms with van der Waals surface area (Å²) in [7, 11) is 0. The number of fused-ring (bicyclic) bond motifs is 1. The number of carbonyl (C=O) groups is 1. The summed E-state index contributed by atoms with van der Waals surface area (Å²) in [4.78, 5) is 18.3. The minimum absolute atomic E-state index is 0.231. The van der Waals surface area contributed by atoms with Crippen LogP contribution in [0.3, 0.4) is 0 Å². The number of nitrogens with one attached hydrogen (secondary N) is 2. The Labute approximate surface area is 234 Å². The Morgan fingerprint density at radius 3 is 2.48 bits per heavy atom. The normalized spacial score (nSPS) is 17.2. The SMILES string of the molecule is CC(C)CC(NC(=O)c1ccc2[nH]nc(-c3ccc(N4CCN(C5COC5)CC4)cc3)c2c1)c1ccccc1F. The maximum absolute atomic E-state index is 14.6. The van der Waals surface area contributed by atoms with Crippen LogP contribution in [0.2, 0.25) is 0 Å². The molecule has 0 saturated carbocycles. The van der Waals surface area contributed by atoms with Gasteiger partial charge in [0.25, 0.3) is 5.91 Å². The number of piperazine rings is 1. The summed E-state index contributed by atoms with van der Waals surface area (Å²) in [5, 5.41) is 11.6. The summed E-state index contributed by atoms with van der Waals surface area (Å²) >= 11 is 0. The summed E-state index contributed by atoms with van der Waals surface area (Å²) in [5.41, 5.74) is 4.89. The monoisotopic (exact) mass is 541 g/mol. The fourth-order valence-corrected chi connectivity index (χ4v) is 5.72. The molecule has 7 nitrogen and oxygen atoms in total. The molecule has 6 rings (SSSR count). The summed E-state index contributed by atoms with van der Waals surface area (Å²) in [6, 6.07) is 20.9. The number of hydrogen-bond acceptors (Lipinski definition) is 5. The number of aromatic amines is 1. The lowest BCUT2D eigenvalue weighted by Gasteiger charge is -2.43. The second-order valence-corrected chi connectivity index (χ2v) is 11.3. The predicted molar refractivity (Wildman–Crippen MR) is 156 cm³/mol. The first kappa shape index (κ1) is 26.5. The number of amides is 1. The van der Waals surface area contributed by atoms with E-state index in [9.17, 15) is 9.18 Å². The molecule has 2 saturated heterocycles. The number of rotatable bonds is 8. The number of H-pyrrole nitrogens is 1. The highest BCUT2D eigenvalue weighted by Crippen LogP contribution is 2.30. The molecule has 1 amide bonds. The molecule has 1 aromatic heterocycles. The molecule has 0 aliphatic carbocycles. The van der Waals surface area contributed by atoms with Gasteiger partial charge in [-0.3, -0.25) is 14.8 Å². The highest BCUT2D eigenvalue weighted by atomic mass is 19.1. The van der Waals surface area contributed by atoms with Crippen LogP contribution in [0.1, 0.15) is 42.2 Å². The first-order chi connectivity index (χ1) is 19.5. The number of halogens is 1. The number of anilines is 1. The smallest absolute Gasteiger partial charge is 0.251 e. The van der Waals surface area contributed by atoms with Crippen LogP contribution in [0.25, 0.3) is 22.2 Å². The van der Waals surface area contributed by atoms with Crippen molar-refractivity contribution >= 4 is 22.5 Å². The average molecular weight is 542 g/mol. The molecular weight excluding hydrogens is 505 g/mol. The van der Waals surface area contributed by atoms with Gasteiger partial charge in [0.2, 0.25) is 0 Å². The third-order valence-electron chi connectivity index (χ3n) is 8.08. The molecule has 0 bridgehead atoms. The predicted octanol–water partition coefficient (Wildman–Crippen LogP) is 5.41. The van der Waals surface area contributed by atoms with Crippen molar-refractivity contribution in [2.75, 3.05) is 44.3 Å². The van der Waals surface area contributed by atoms with Crippen LogP contribution >= 0.6 is 0 Å². The first-order valence-electron chi connectivity index (χ1n) is 14.2. The molecule has 2 aliphatic rings. The van der Waals surface area contributed by atoms with E-state index in [4.69, 9.17) is 4.74 Å². The second-order valence-electron chi connectivity index (χ2n) is 11.3. The summed E-state index contributed by atoms with van der Waals surface area (Å²) in [5.74, 6) is -0.248. The number of nitrogens with zero attached hydrogens (tertiary/aromatic N) is 3. The van der Waals surface area contributed by atoms with E-state index in [-0.39, 0.29) is 17.6 Å². The van der Waals surface area contributed by atoms with Crippen LogP contribution in [-0.4, -0.2) is 66.4 Å². The minimum Gasteiger partial charge on any atom is -0.378 e. The van der Waals surface area contributed by atoms with Crippen LogP contribution in [0, 0.1) is 11.7 Å². The van der Waals surface area contributed by atoms with Crippen molar-refractivity contribution in [3.8, 4) is 11.3 Å². The Morgan fingerprint density at radius 2 is 1.80 bits per heavy atom. The maximum Gasteiger partial charge on any atom is 0.251 e. The Hall–Kier alpha value is -3.75. The maximum atomic E-state index is 14.6. The van der Waals surface area contributed by atoms with E-state index < -0.39 is 6.04 Å². The van der Waals surface area contributed by atoms with Gasteiger partial charge in [0, 0.05) is 53.9 Å². The van der Waals surface area contributed by atoms with E-state index >= 15 is 0 Å². The van der Waals surface area contributed by atoms with Crippen molar-refractivity contribution in [1.29, 1.82) is 0 Å². The van der Waals surface area contributed by atoms with Gasteiger partial charge in [-0.05, 0) is 48.7 Å². The summed E-state index contributed by atoms with van der Waals surface area (Å²) in [6.45, 7) is 9.98. The molecule has 2 N–H and O–H groups in total. The van der Waals surface area contributed by atoms with Crippen LogP contribution < -0.4 is 10.2 Å². The molecule has 0 spiro atoms. The van der Waals surface area contributed by atoms with Crippen LogP contribution in [0.5, 0.6) is 0 Å². The van der Waals surface area contributed by atoms with E-state index in [0.29, 0.717) is 23.6 Å². The Kier molecular flexibility index (Phi) is 7.54. The van der Waals surface area contributed by atoms with E-state index in [1.165, 1.54) is 11.8 Å². The van der Waals surface area contributed by atoms with Gasteiger partial charge in [-0.25, -0.2) is 4.39 Å². The van der Waals surface area contributed by atoms with Gasteiger partial charge in [0.05, 0.1) is 36.5 Å². The van der Waals surface area contributed by atoms with E-state index in [2.05, 4.69) is 63.4 Å². The molecule has 2 fully saturated rings. The molecule has 208 valence electrons. The highest BCUT2D eigenvalue weighted by molar-refractivity contribution is 6.01.